The molecule has 0 atom stereocenters. The highest BCUT2D eigenvalue weighted by molar-refractivity contribution is 6.19. The molecule has 0 nitrogen and oxygen atoms in total. The van der Waals surface area contributed by atoms with Gasteiger partial charge in [0.2, 0.25) is 0 Å². The quantitative estimate of drug-likeness (QED) is 0.178. The summed E-state index contributed by atoms with van der Waals surface area (Å²) in [5.74, 6) is 0.487. The van der Waals surface area contributed by atoms with E-state index in [0.717, 1.165) is 12.8 Å². The molecular weight excluding hydrogens is 613 g/mol. The molecule has 0 radical (unpaired) electrons. The Balaban J connectivity index is 1.19. The molecule has 0 N–H and O–H groups in total. The number of benzene rings is 8. The van der Waals surface area contributed by atoms with Crippen molar-refractivity contribution in [3.05, 3.63) is 167 Å². The summed E-state index contributed by atoms with van der Waals surface area (Å²) in [6.07, 6.45) is 4.60. The maximum Gasteiger partial charge on any atom is -0.00108 e. The van der Waals surface area contributed by atoms with Crippen molar-refractivity contribution in [1.82, 2.24) is 0 Å². The van der Waals surface area contributed by atoms with Crippen molar-refractivity contribution in [2.75, 3.05) is 0 Å². The van der Waals surface area contributed by atoms with Crippen molar-refractivity contribution in [1.29, 1.82) is 0 Å². The van der Waals surface area contributed by atoms with Crippen LogP contribution in [0.1, 0.15) is 43.7 Å². The maximum absolute atomic E-state index is 2.52. The molecule has 8 aromatic carbocycles. The molecule has 0 heterocycles. The number of hydrogen-bond acceptors (Lipinski definition) is 0. The maximum atomic E-state index is 2.52. The average Bonchev–Trinajstić information content (AvgIpc) is 3.69. The lowest BCUT2D eigenvalue weighted by atomic mass is 9.81. The van der Waals surface area contributed by atoms with E-state index in [4.69, 9.17) is 0 Å². The zero-order valence-corrected chi connectivity index (χ0v) is 28.9. The lowest BCUT2D eigenvalue weighted by Gasteiger charge is -2.21. The van der Waals surface area contributed by atoms with E-state index in [9.17, 15) is 0 Å². The molecule has 0 aliphatic heterocycles. The minimum atomic E-state index is 0.487. The van der Waals surface area contributed by atoms with Crippen LogP contribution in [0.2, 0.25) is 0 Å². The largest absolute Gasteiger partial charge is 0.0757 e. The molecule has 51 heavy (non-hydrogen) atoms. The van der Waals surface area contributed by atoms with Crippen LogP contribution < -0.4 is 10.4 Å². The standard InChI is InChI=1S/C51H36/c1-30(2)34-25-27-42-36-24-23-33(29-45(36)41-21-11-19-37(34)48(41)42)35-26-28-44-49-38(35)20-12-22-43(49)50-46(31-13-5-3-6-14-31)39-17-9-10-18-40(39)47(51(44)50)32-15-7-4-8-16-32/h3-11,13-21,23-30H,12,22H2,1-2H3. The predicted octanol–water partition coefficient (Wildman–Crippen LogP) is 12.5. The Morgan fingerprint density at radius 3 is 1.76 bits per heavy atom. The van der Waals surface area contributed by atoms with Gasteiger partial charge < -0.3 is 0 Å². The van der Waals surface area contributed by atoms with Gasteiger partial charge in [-0.05, 0) is 140 Å². The van der Waals surface area contributed by atoms with E-state index in [1.165, 1.54) is 115 Å². The second-order valence-corrected chi connectivity index (χ2v) is 14.8. The summed E-state index contributed by atoms with van der Waals surface area (Å²) >= 11 is 0. The molecule has 11 rings (SSSR count). The molecule has 3 aliphatic carbocycles. The minimum Gasteiger partial charge on any atom is -0.0757 e. The molecule has 0 bridgehead atoms. The van der Waals surface area contributed by atoms with Crippen molar-refractivity contribution in [3.8, 4) is 66.8 Å². The molecule has 0 heteroatoms. The fraction of sp³-hybridized carbons (Fsp3) is 0.0980. The number of fused-ring (bicyclic) bond motifs is 7. The molecular formula is C51H36. The lowest BCUT2D eigenvalue weighted by Crippen LogP contribution is -2.31. The molecule has 0 aromatic heterocycles. The first-order chi connectivity index (χ1) is 25.2. The van der Waals surface area contributed by atoms with Gasteiger partial charge in [-0.2, -0.15) is 0 Å². The Hall–Kier alpha value is -5.98. The van der Waals surface area contributed by atoms with Crippen molar-refractivity contribution in [2.45, 2.75) is 32.6 Å². The van der Waals surface area contributed by atoms with Crippen LogP contribution in [0.3, 0.4) is 0 Å². The van der Waals surface area contributed by atoms with Crippen molar-refractivity contribution in [2.24, 2.45) is 0 Å². The van der Waals surface area contributed by atoms with Crippen LogP contribution in [-0.2, 0) is 0 Å². The van der Waals surface area contributed by atoms with E-state index in [2.05, 4.69) is 166 Å². The SMILES string of the molecule is CC(C)c1ccc2c3c(cccc13)-c1cc(-c3ccc4c5c3=CCCC=5c3c-4c(-c4ccccc4)c4ccccc4c3-c3ccccc3)ccc1-2. The molecule has 0 spiro atoms. The summed E-state index contributed by atoms with van der Waals surface area (Å²) in [7, 11) is 0. The minimum absolute atomic E-state index is 0.487. The Morgan fingerprint density at radius 2 is 1.04 bits per heavy atom. The van der Waals surface area contributed by atoms with Crippen LogP contribution in [-0.4, -0.2) is 0 Å². The van der Waals surface area contributed by atoms with Crippen LogP contribution >= 0.6 is 0 Å². The summed E-state index contributed by atoms with van der Waals surface area (Å²) in [6, 6.07) is 54.9. The summed E-state index contributed by atoms with van der Waals surface area (Å²) in [4.78, 5) is 0. The van der Waals surface area contributed by atoms with Gasteiger partial charge in [0.25, 0.3) is 0 Å². The van der Waals surface area contributed by atoms with Crippen molar-refractivity contribution < 1.29 is 0 Å². The highest BCUT2D eigenvalue weighted by Gasteiger charge is 2.32. The van der Waals surface area contributed by atoms with Gasteiger partial charge in [-0.3, -0.25) is 0 Å². The highest BCUT2D eigenvalue weighted by Crippen LogP contribution is 2.52. The van der Waals surface area contributed by atoms with E-state index in [0.29, 0.717) is 5.92 Å². The smallest absolute Gasteiger partial charge is 0.00108 e. The van der Waals surface area contributed by atoms with Crippen LogP contribution in [0.5, 0.6) is 0 Å². The van der Waals surface area contributed by atoms with Crippen LogP contribution in [0, 0.1) is 0 Å². The predicted molar refractivity (Wildman–Crippen MR) is 217 cm³/mol. The van der Waals surface area contributed by atoms with Crippen LogP contribution in [0.4, 0.5) is 0 Å². The number of rotatable bonds is 4. The lowest BCUT2D eigenvalue weighted by molar-refractivity contribution is 0.876. The van der Waals surface area contributed by atoms with E-state index in [1.807, 2.05) is 0 Å². The second kappa shape index (κ2) is 10.8. The first kappa shape index (κ1) is 28.8. The summed E-state index contributed by atoms with van der Waals surface area (Å²) in [6.45, 7) is 4.61. The van der Waals surface area contributed by atoms with Gasteiger partial charge in [-0.1, -0.05) is 159 Å². The fourth-order valence-electron chi connectivity index (χ4n) is 9.72. The molecule has 0 amide bonds. The highest BCUT2D eigenvalue weighted by atomic mass is 14.3. The zero-order chi connectivity index (χ0) is 33.8. The van der Waals surface area contributed by atoms with E-state index in [1.54, 1.807) is 0 Å². The average molecular weight is 649 g/mol. The Morgan fingerprint density at radius 1 is 0.431 bits per heavy atom. The van der Waals surface area contributed by atoms with Gasteiger partial charge in [-0.25, -0.2) is 0 Å². The monoisotopic (exact) mass is 648 g/mol. The zero-order valence-electron chi connectivity index (χ0n) is 28.9. The molecule has 0 saturated carbocycles. The summed E-state index contributed by atoms with van der Waals surface area (Å²) in [5.41, 5.74) is 20.5. The normalized spacial score (nSPS) is 13.4. The first-order valence-electron chi connectivity index (χ1n) is 18.4. The molecule has 8 aromatic rings. The molecule has 240 valence electrons. The third kappa shape index (κ3) is 3.96. The summed E-state index contributed by atoms with van der Waals surface area (Å²) in [5, 5.41) is 8.28. The van der Waals surface area contributed by atoms with Gasteiger partial charge in [0.1, 0.15) is 0 Å². The molecule has 0 saturated heterocycles. The fourth-order valence-corrected chi connectivity index (χ4v) is 9.72. The second-order valence-electron chi connectivity index (χ2n) is 14.8. The van der Waals surface area contributed by atoms with Gasteiger partial charge in [0, 0.05) is 0 Å². The molecule has 3 aliphatic rings. The van der Waals surface area contributed by atoms with E-state index in [-0.39, 0.29) is 0 Å². The van der Waals surface area contributed by atoms with Gasteiger partial charge in [0.05, 0.1) is 0 Å². The van der Waals surface area contributed by atoms with E-state index >= 15 is 0 Å². The topological polar surface area (TPSA) is 0 Å². The Labute approximate surface area is 298 Å². The van der Waals surface area contributed by atoms with Gasteiger partial charge in [0.15, 0.2) is 0 Å². The Bertz CT molecular complexity index is 2910. The third-order valence-electron chi connectivity index (χ3n) is 11.8. The number of hydrogen-bond donors (Lipinski definition) is 0. The van der Waals surface area contributed by atoms with E-state index < -0.39 is 0 Å². The van der Waals surface area contributed by atoms with Crippen molar-refractivity contribution in [3.63, 3.8) is 0 Å². The van der Waals surface area contributed by atoms with Crippen LogP contribution in [0.25, 0.3) is 100.0 Å². The molecule has 0 fully saturated rings. The van der Waals surface area contributed by atoms with Gasteiger partial charge in [-0.15, -0.1) is 0 Å². The third-order valence-corrected chi connectivity index (χ3v) is 11.8. The van der Waals surface area contributed by atoms with Crippen LogP contribution in [0.15, 0.2) is 146 Å². The van der Waals surface area contributed by atoms with Gasteiger partial charge >= 0.3 is 0 Å². The summed E-state index contributed by atoms with van der Waals surface area (Å²) < 4.78 is 0. The molecule has 0 unspecified atom stereocenters. The van der Waals surface area contributed by atoms with Crippen molar-refractivity contribution >= 4 is 33.2 Å². The Kier molecular flexibility index (Phi) is 6.08. The first-order valence-corrected chi connectivity index (χ1v) is 18.4.